The first-order valence-corrected chi connectivity index (χ1v) is 5.92. The smallest absolute Gasteiger partial charge is 0.402 e. The van der Waals surface area contributed by atoms with Crippen molar-refractivity contribution in [1.29, 1.82) is 0 Å². The highest BCUT2D eigenvalue weighted by Gasteiger charge is 2.14. The highest BCUT2D eigenvalue weighted by molar-refractivity contribution is 5.85. The third-order valence-corrected chi connectivity index (χ3v) is 2.46. The molecule has 2 aromatic heterocycles. The molecular weight excluding hydrogens is 276 g/mol. The number of aromatic nitrogens is 2. The van der Waals surface area contributed by atoms with Gasteiger partial charge in [-0.2, -0.15) is 4.73 Å². The van der Waals surface area contributed by atoms with E-state index in [1.165, 1.54) is 18.2 Å². The third kappa shape index (κ3) is 4.57. The number of hydrogen-bond donors (Lipinski definition) is 2. The van der Waals surface area contributed by atoms with Gasteiger partial charge in [0.2, 0.25) is 0 Å². The number of pyridine rings is 2. The van der Waals surface area contributed by atoms with Crippen molar-refractivity contribution < 1.29 is 24.5 Å². The Hall–Kier alpha value is -2.96. The molecule has 2 heterocycles. The van der Waals surface area contributed by atoms with Crippen LogP contribution < -0.4 is 4.73 Å². The number of hydrogen-bond acceptors (Lipinski definition) is 4. The highest BCUT2D eigenvalue weighted by Crippen LogP contribution is 1.96. The molecule has 0 atom stereocenters. The Morgan fingerprint density at radius 3 is 2.10 bits per heavy atom. The first-order chi connectivity index (χ1) is 9.82. The minimum absolute atomic E-state index is 0.0972. The van der Waals surface area contributed by atoms with Crippen molar-refractivity contribution in [3.05, 3.63) is 64.4 Å². The van der Waals surface area contributed by atoms with Crippen LogP contribution >= 0.6 is 0 Å². The summed E-state index contributed by atoms with van der Waals surface area (Å²) in [6, 6.07) is 9.25. The fourth-order valence-electron chi connectivity index (χ4n) is 1.42. The Bertz CT molecular complexity index is 670. The van der Waals surface area contributed by atoms with Gasteiger partial charge in [0.1, 0.15) is 5.69 Å². The number of carboxylic acids is 2. The van der Waals surface area contributed by atoms with Gasteiger partial charge in [-0.3, -0.25) is 0 Å². The zero-order chi connectivity index (χ0) is 16.0. The van der Waals surface area contributed by atoms with Gasteiger partial charge in [0.25, 0.3) is 0 Å². The average molecular weight is 290 g/mol. The van der Waals surface area contributed by atoms with E-state index in [-0.39, 0.29) is 11.4 Å². The molecule has 0 fully saturated rings. The molecule has 2 aromatic rings. The van der Waals surface area contributed by atoms with Crippen LogP contribution in [0.1, 0.15) is 32.4 Å². The molecule has 0 unspecified atom stereocenters. The largest absolute Gasteiger partial charge is 0.618 e. The van der Waals surface area contributed by atoms with Gasteiger partial charge >= 0.3 is 17.6 Å². The number of aromatic carboxylic acids is 2. The average Bonchev–Trinajstić information content (AvgIpc) is 2.42. The quantitative estimate of drug-likeness (QED) is 0.638. The maximum Gasteiger partial charge on any atom is 0.402 e. The molecule has 2 rings (SSSR count). The number of aryl methyl sites for hydroxylation is 2. The summed E-state index contributed by atoms with van der Waals surface area (Å²) in [6.45, 7) is 3.31. The molecule has 7 nitrogen and oxygen atoms in total. The van der Waals surface area contributed by atoms with Crippen LogP contribution in [0.15, 0.2) is 36.4 Å². The van der Waals surface area contributed by atoms with E-state index < -0.39 is 11.9 Å². The summed E-state index contributed by atoms with van der Waals surface area (Å²) in [7, 11) is 0. The van der Waals surface area contributed by atoms with E-state index in [2.05, 4.69) is 4.98 Å². The fourth-order valence-corrected chi connectivity index (χ4v) is 1.42. The predicted molar refractivity (Wildman–Crippen MR) is 73.0 cm³/mol. The van der Waals surface area contributed by atoms with Crippen LogP contribution in [0.25, 0.3) is 0 Å². The van der Waals surface area contributed by atoms with Crippen LogP contribution in [0.2, 0.25) is 0 Å². The molecule has 0 radical (unpaired) electrons. The molecule has 0 aliphatic heterocycles. The van der Waals surface area contributed by atoms with Crippen molar-refractivity contribution in [2.45, 2.75) is 13.8 Å². The lowest BCUT2D eigenvalue weighted by molar-refractivity contribution is -0.615. The van der Waals surface area contributed by atoms with Gasteiger partial charge in [-0.1, -0.05) is 6.07 Å². The molecule has 0 bridgehead atoms. The number of rotatable bonds is 2. The molecular formula is C14H14N2O5. The molecule has 2 N–H and O–H groups in total. The maximum atomic E-state index is 10.9. The Morgan fingerprint density at radius 2 is 1.67 bits per heavy atom. The molecule has 0 amide bonds. The molecule has 110 valence electrons. The Balaban J connectivity index is 0.000000211. The first-order valence-electron chi connectivity index (χ1n) is 5.92. The zero-order valence-electron chi connectivity index (χ0n) is 11.5. The van der Waals surface area contributed by atoms with Gasteiger partial charge in [0, 0.05) is 24.8 Å². The normalized spacial score (nSPS) is 9.43. The Morgan fingerprint density at radius 1 is 1.05 bits per heavy atom. The first kappa shape index (κ1) is 16.1. The molecule has 0 spiro atoms. The minimum atomic E-state index is -1.20. The summed E-state index contributed by atoms with van der Waals surface area (Å²) in [6.07, 6.45) is 0. The van der Waals surface area contributed by atoms with Crippen LogP contribution in [0.3, 0.4) is 0 Å². The monoisotopic (exact) mass is 290 g/mol. The van der Waals surface area contributed by atoms with E-state index in [1.807, 2.05) is 0 Å². The van der Waals surface area contributed by atoms with E-state index in [4.69, 9.17) is 10.2 Å². The Labute approximate surface area is 120 Å². The van der Waals surface area contributed by atoms with E-state index in [0.717, 1.165) is 5.69 Å². The third-order valence-electron chi connectivity index (χ3n) is 2.46. The van der Waals surface area contributed by atoms with Gasteiger partial charge in [-0.05, 0) is 25.1 Å². The van der Waals surface area contributed by atoms with Gasteiger partial charge < -0.3 is 15.4 Å². The van der Waals surface area contributed by atoms with Gasteiger partial charge in [-0.15, -0.1) is 0 Å². The molecule has 7 heteroatoms. The maximum absolute atomic E-state index is 10.9. The molecule has 21 heavy (non-hydrogen) atoms. The highest BCUT2D eigenvalue weighted by atomic mass is 16.5. The standard InChI is InChI=1S/C7H7NO3.C7H7NO2/c1-5-3-2-4-6(7(9)10)8(5)11;1-5-3-2-4-6(8-5)7(9)10/h2-4H,1H3,(H,9,10);2-4H,1H3,(H,9,10). The molecule has 0 saturated carbocycles. The Kier molecular flexibility index (Phi) is 5.36. The summed E-state index contributed by atoms with van der Waals surface area (Å²) in [5.74, 6) is -2.19. The molecule has 0 aromatic carbocycles. The van der Waals surface area contributed by atoms with Crippen LogP contribution in [-0.2, 0) is 0 Å². The van der Waals surface area contributed by atoms with Crippen LogP contribution in [0.5, 0.6) is 0 Å². The lowest BCUT2D eigenvalue weighted by Gasteiger charge is -2.01. The lowest BCUT2D eigenvalue weighted by atomic mass is 10.3. The van der Waals surface area contributed by atoms with Gasteiger partial charge in [0.05, 0.1) is 0 Å². The van der Waals surface area contributed by atoms with Gasteiger partial charge in [-0.25, -0.2) is 14.6 Å². The summed E-state index contributed by atoms with van der Waals surface area (Å²) in [5, 5.41) is 27.9. The predicted octanol–water partition coefficient (Wildman–Crippen LogP) is 1.41. The van der Waals surface area contributed by atoms with E-state index in [1.54, 1.807) is 32.0 Å². The number of carboxylic acid groups (broad SMARTS) is 2. The SMILES string of the molecule is Cc1cccc(C(=O)O)[n+]1[O-].Cc1cccc(C(=O)O)n1. The summed E-state index contributed by atoms with van der Waals surface area (Å²) >= 11 is 0. The van der Waals surface area contributed by atoms with Crippen molar-refractivity contribution in [3.63, 3.8) is 0 Å². The van der Waals surface area contributed by atoms with Gasteiger partial charge in [0.15, 0.2) is 5.69 Å². The van der Waals surface area contributed by atoms with E-state index >= 15 is 0 Å². The fraction of sp³-hybridized carbons (Fsp3) is 0.143. The van der Waals surface area contributed by atoms with Crippen LogP contribution in [-0.4, -0.2) is 27.1 Å². The van der Waals surface area contributed by atoms with Crippen LogP contribution in [0, 0.1) is 19.1 Å². The van der Waals surface area contributed by atoms with E-state index in [9.17, 15) is 14.8 Å². The second-order valence-corrected chi connectivity index (χ2v) is 4.12. The van der Waals surface area contributed by atoms with Crippen molar-refractivity contribution in [2.24, 2.45) is 0 Å². The number of carbonyl (C=O) groups is 2. The topological polar surface area (TPSA) is 114 Å². The molecule has 0 aliphatic rings. The summed E-state index contributed by atoms with van der Waals surface area (Å²) < 4.78 is 0.391. The zero-order valence-corrected chi connectivity index (χ0v) is 11.5. The lowest BCUT2D eigenvalue weighted by Crippen LogP contribution is -2.37. The van der Waals surface area contributed by atoms with E-state index in [0.29, 0.717) is 10.4 Å². The summed E-state index contributed by atoms with van der Waals surface area (Å²) in [4.78, 5) is 24.4. The minimum Gasteiger partial charge on any atom is -0.618 e. The van der Waals surface area contributed by atoms with Crippen molar-refractivity contribution in [3.8, 4) is 0 Å². The van der Waals surface area contributed by atoms with Crippen molar-refractivity contribution >= 4 is 11.9 Å². The number of nitrogens with zero attached hydrogens (tertiary/aromatic N) is 2. The van der Waals surface area contributed by atoms with Crippen molar-refractivity contribution in [1.82, 2.24) is 4.98 Å². The second kappa shape index (κ2) is 6.99. The molecule has 0 aliphatic carbocycles. The summed E-state index contributed by atoms with van der Waals surface area (Å²) in [5.41, 5.74) is 0.954. The molecule has 0 saturated heterocycles. The van der Waals surface area contributed by atoms with Crippen molar-refractivity contribution in [2.75, 3.05) is 0 Å². The second-order valence-electron chi connectivity index (χ2n) is 4.12. The van der Waals surface area contributed by atoms with Crippen LogP contribution in [0.4, 0.5) is 0 Å².